The fourth-order valence-electron chi connectivity index (χ4n) is 1.76. The summed E-state index contributed by atoms with van der Waals surface area (Å²) in [4.78, 5) is 0. The van der Waals surface area contributed by atoms with Crippen molar-refractivity contribution in [3.8, 4) is 23.0 Å². The number of hydrogen-bond donors (Lipinski definition) is 1. The number of halogens is 6. The van der Waals surface area contributed by atoms with Crippen LogP contribution in [0.15, 0.2) is 42.5 Å². The van der Waals surface area contributed by atoms with Crippen LogP contribution < -0.4 is 14.2 Å². The molecule has 0 atom stereocenters. The fraction of sp³-hybridized carbons (Fsp3) is 0.200. The molecule has 25 heavy (non-hydrogen) atoms. The molecule has 0 unspecified atom stereocenters. The van der Waals surface area contributed by atoms with Gasteiger partial charge in [0.2, 0.25) is 0 Å². The zero-order chi connectivity index (χ0) is 18.7. The molecule has 0 saturated heterocycles. The molecule has 1 N–H and O–H groups in total. The zero-order valence-corrected chi connectivity index (χ0v) is 12.2. The number of alkyl halides is 6. The molecule has 0 spiro atoms. The Hall–Kier alpha value is -2.78. The lowest BCUT2D eigenvalue weighted by Gasteiger charge is -2.13. The predicted molar refractivity (Wildman–Crippen MR) is 72.2 cm³/mol. The van der Waals surface area contributed by atoms with Gasteiger partial charge in [-0.1, -0.05) is 12.1 Å². The molecule has 0 aromatic heterocycles. The Morgan fingerprint density at radius 2 is 1.28 bits per heavy atom. The van der Waals surface area contributed by atoms with Gasteiger partial charge in [-0.2, -0.15) is 0 Å². The van der Waals surface area contributed by atoms with E-state index in [2.05, 4.69) is 9.47 Å². The van der Waals surface area contributed by atoms with Crippen LogP contribution in [0.3, 0.4) is 0 Å². The molecule has 0 aliphatic heterocycles. The van der Waals surface area contributed by atoms with Crippen molar-refractivity contribution in [1.29, 1.82) is 0 Å². The van der Waals surface area contributed by atoms with Crippen molar-refractivity contribution in [2.24, 2.45) is 0 Å². The smallest absolute Gasteiger partial charge is 0.504 e. The highest BCUT2D eigenvalue weighted by Gasteiger charge is 2.32. The van der Waals surface area contributed by atoms with Crippen LogP contribution in [0.5, 0.6) is 23.0 Å². The Morgan fingerprint density at radius 1 is 0.760 bits per heavy atom. The third-order valence-electron chi connectivity index (χ3n) is 2.72. The van der Waals surface area contributed by atoms with E-state index in [4.69, 9.17) is 4.74 Å². The van der Waals surface area contributed by atoms with E-state index in [0.29, 0.717) is 5.56 Å². The van der Waals surface area contributed by atoms with Crippen molar-refractivity contribution in [3.63, 3.8) is 0 Å². The first-order valence-electron chi connectivity index (χ1n) is 6.58. The normalized spacial score (nSPS) is 11.9. The van der Waals surface area contributed by atoms with Crippen LogP contribution in [0.1, 0.15) is 5.56 Å². The van der Waals surface area contributed by atoms with Gasteiger partial charge in [0.15, 0.2) is 11.5 Å². The molecule has 10 heteroatoms. The standard InChI is InChI=1S/C15H10F6O4/c16-14(17,18)24-10-3-1-9(2-4-10)8-23-13-7-11(5-6-12(13)22)25-15(19,20)21/h1-7,22H,8H2. The predicted octanol–water partition coefficient (Wildman–Crippen LogP) is 4.77. The summed E-state index contributed by atoms with van der Waals surface area (Å²) in [7, 11) is 0. The van der Waals surface area contributed by atoms with Gasteiger partial charge in [-0.05, 0) is 29.8 Å². The van der Waals surface area contributed by atoms with Gasteiger partial charge in [0.05, 0.1) is 0 Å². The number of benzene rings is 2. The maximum atomic E-state index is 12.2. The minimum atomic E-state index is -4.90. The molecule has 2 aromatic rings. The molecule has 2 rings (SSSR count). The molecule has 0 radical (unpaired) electrons. The summed E-state index contributed by atoms with van der Waals surface area (Å²) < 4.78 is 85.2. The average Bonchev–Trinajstić information content (AvgIpc) is 2.46. The van der Waals surface area contributed by atoms with Crippen LogP contribution in [-0.4, -0.2) is 17.8 Å². The second kappa shape index (κ2) is 6.99. The lowest BCUT2D eigenvalue weighted by molar-refractivity contribution is -0.275. The third kappa shape index (κ3) is 6.32. The van der Waals surface area contributed by atoms with E-state index < -0.39 is 30.0 Å². The summed E-state index contributed by atoms with van der Waals surface area (Å²) in [6.07, 6.45) is -9.72. The fourth-order valence-corrected chi connectivity index (χ4v) is 1.76. The minimum absolute atomic E-state index is 0.213. The van der Waals surface area contributed by atoms with E-state index in [0.717, 1.165) is 30.3 Å². The van der Waals surface area contributed by atoms with Crippen molar-refractivity contribution in [2.45, 2.75) is 19.3 Å². The van der Waals surface area contributed by atoms with Crippen molar-refractivity contribution in [1.82, 2.24) is 0 Å². The van der Waals surface area contributed by atoms with E-state index >= 15 is 0 Å². The Labute approximate surface area is 137 Å². The van der Waals surface area contributed by atoms with E-state index in [1.165, 1.54) is 12.1 Å². The quantitative estimate of drug-likeness (QED) is 0.773. The summed E-state index contributed by atoms with van der Waals surface area (Å²) in [5.74, 6) is -1.72. The number of aromatic hydroxyl groups is 1. The van der Waals surface area contributed by atoms with E-state index in [9.17, 15) is 31.4 Å². The Morgan fingerprint density at radius 3 is 1.84 bits per heavy atom. The molecule has 0 amide bonds. The molecular formula is C15H10F6O4. The molecule has 4 nitrogen and oxygen atoms in total. The highest BCUT2D eigenvalue weighted by Crippen LogP contribution is 2.33. The van der Waals surface area contributed by atoms with Crippen LogP contribution in [0.2, 0.25) is 0 Å². The van der Waals surface area contributed by atoms with Crippen molar-refractivity contribution in [2.75, 3.05) is 0 Å². The molecule has 0 bridgehead atoms. The molecule has 136 valence electrons. The second-order valence-electron chi connectivity index (χ2n) is 4.66. The first-order valence-corrected chi connectivity index (χ1v) is 6.58. The van der Waals surface area contributed by atoms with Gasteiger partial charge in [0.25, 0.3) is 0 Å². The summed E-state index contributed by atoms with van der Waals surface area (Å²) in [5.41, 5.74) is 0.399. The van der Waals surface area contributed by atoms with Gasteiger partial charge in [-0.3, -0.25) is 0 Å². The van der Waals surface area contributed by atoms with Gasteiger partial charge in [-0.25, -0.2) is 0 Å². The van der Waals surface area contributed by atoms with Crippen LogP contribution in [0, 0.1) is 0 Å². The summed E-state index contributed by atoms with van der Waals surface area (Å²) in [6, 6.07) is 7.34. The second-order valence-corrected chi connectivity index (χ2v) is 4.66. The van der Waals surface area contributed by atoms with Crippen molar-refractivity contribution in [3.05, 3.63) is 48.0 Å². The SMILES string of the molecule is Oc1ccc(OC(F)(F)F)cc1OCc1ccc(OC(F)(F)F)cc1. The van der Waals surface area contributed by atoms with Gasteiger partial charge in [0.1, 0.15) is 18.1 Å². The zero-order valence-electron chi connectivity index (χ0n) is 12.2. The number of rotatable bonds is 5. The van der Waals surface area contributed by atoms with Crippen molar-refractivity contribution >= 4 is 0 Å². The third-order valence-corrected chi connectivity index (χ3v) is 2.72. The van der Waals surface area contributed by atoms with Gasteiger partial charge >= 0.3 is 12.7 Å². The molecule has 0 fully saturated rings. The highest BCUT2D eigenvalue weighted by molar-refractivity contribution is 5.44. The van der Waals surface area contributed by atoms with Gasteiger partial charge in [0, 0.05) is 6.07 Å². The number of ether oxygens (including phenoxy) is 3. The topological polar surface area (TPSA) is 47.9 Å². The lowest BCUT2D eigenvalue weighted by atomic mass is 10.2. The van der Waals surface area contributed by atoms with E-state index in [1.807, 2.05) is 0 Å². The van der Waals surface area contributed by atoms with E-state index in [1.54, 1.807) is 0 Å². The summed E-state index contributed by atoms with van der Waals surface area (Å²) >= 11 is 0. The minimum Gasteiger partial charge on any atom is -0.504 e. The number of hydrogen-bond acceptors (Lipinski definition) is 4. The molecule has 2 aromatic carbocycles. The molecule has 0 aliphatic rings. The Balaban J connectivity index is 2.02. The van der Waals surface area contributed by atoms with Crippen molar-refractivity contribution < 1.29 is 45.7 Å². The number of phenols is 1. The first kappa shape index (κ1) is 18.6. The number of phenolic OH excluding ortho intramolecular Hbond substituents is 1. The largest absolute Gasteiger partial charge is 0.573 e. The lowest BCUT2D eigenvalue weighted by Crippen LogP contribution is -2.17. The van der Waals surface area contributed by atoms with Crippen LogP contribution in [-0.2, 0) is 6.61 Å². The molecule has 0 heterocycles. The van der Waals surface area contributed by atoms with Gasteiger partial charge < -0.3 is 19.3 Å². The summed E-state index contributed by atoms with van der Waals surface area (Å²) in [5, 5.41) is 9.58. The molecular weight excluding hydrogens is 358 g/mol. The van der Waals surface area contributed by atoms with Crippen LogP contribution in [0.4, 0.5) is 26.3 Å². The monoisotopic (exact) mass is 368 g/mol. The van der Waals surface area contributed by atoms with Crippen LogP contribution >= 0.6 is 0 Å². The first-order chi connectivity index (χ1) is 11.5. The molecule has 0 aliphatic carbocycles. The van der Waals surface area contributed by atoms with E-state index in [-0.39, 0.29) is 12.4 Å². The van der Waals surface area contributed by atoms with Crippen LogP contribution in [0.25, 0.3) is 0 Å². The summed E-state index contributed by atoms with van der Waals surface area (Å²) in [6.45, 7) is -0.213. The Kier molecular flexibility index (Phi) is 5.19. The maximum absolute atomic E-state index is 12.2. The van der Waals surface area contributed by atoms with Gasteiger partial charge in [-0.15, -0.1) is 26.3 Å². The average molecular weight is 368 g/mol. The maximum Gasteiger partial charge on any atom is 0.573 e. The molecule has 0 saturated carbocycles. The Bertz CT molecular complexity index is 709. The highest BCUT2D eigenvalue weighted by atomic mass is 19.4.